The van der Waals surface area contributed by atoms with E-state index >= 15 is 0 Å². The Balaban J connectivity index is 2.12. The Labute approximate surface area is 135 Å². The largest absolute Gasteiger partial charge is 0.548 e. The SMILES string of the molecule is CSCC[C@H](NC(=O)Cn1nnc2ccccc2c1=O)C(=O)[O-]. The number of carbonyl (C=O) groups is 2. The smallest absolute Gasteiger partial charge is 0.278 e. The number of aromatic nitrogens is 3. The number of fused-ring (bicyclic) bond motifs is 1. The van der Waals surface area contributed by atoms with Crippen LogP contribution >= 0.6 is 11.8 Å². The molecule has 1 N–H and O–H groups in total. The van der Waals surface area contributed by atoms with Crippen LogP contribution in [0.5, 0.6) is 0 Å². The zero-order valence-electron chi connectivity index (χ0n) is 12.4. The van der Waals surface area contributed by atoms with Gasteiger partial charge in [-0.1, -0.05) is 17.3 Å². The number of amides is 1. The summed E-state index contributed by atoms with van der Waals surface area (Å²) >= 11 is 1.46. The number of nitrogens with zero attached hydrogens (tertiary/aromatic N) is 3. The number of thioether (sulfide) groups is 1. The van der Waals surface area contributed by atoms with Crippen molar-refractivity contribution in [3.63, 3.8) is 0 Å². The fraction of sp³-hybridized carbons (Fsp3) is 0.357. The summed E-state index contributed by atoms with van der Waals surface area (Å²) in [5.41, 5.74) is -0.0263. The molecule has 9 heteroatoms. The lowest BCUT2D eigenvalue weighted by Crippen LogP contribution is -2.49. The first kappa shape index (κ1) is 16.9. The maximum atomic E-state index is 12.2. The lowest BCUT2D eigenvalue weighted by atomic mass is 10.2. The summed E-state index contributed by atoms with van der Waals surface area (Å²) in [6, 6.07) is 5.54. The van der Waals surface area contributed by atoms with Gasteiger partial charge in [-0.05, 0) is 30.6 Å². The van der Waals surface area contributed by atoms with Crippen LogP contribution in [0.4, 0.5) is 0 Å². The van der Waals surface area contributed by atoms with Crippen LogP contribution in [0.3, 0.4) is 0 Å². The Morgan fingerprint density at radius 2 is 2.13 bits per heavy atom. The summed E-state index contributed by atoms with van der Waals surface area (Å²) < 4.78 is 0.901. The van der Waals surface area contributed by atoms with E-state index in [-0.39, 0.29) is 6.42 Å². The van der Waals surface area contributed by atoms with Crippen molar-refractivity contribution >= 4 is 34.5 Å². The highest BCUT2D eigenvalue weighted by Gasteiger charge is 2.15. The number of carbonyl (C=O) groups excluding carboxylic acids is 2. The molecule has 0 aliphatic carbocycles. The highest BCUT2D eigenvalue weighted by molar-refractivity contribution is 7.98. The van der Waals surface area contributed by atoms with Gasteiger partial charge in [-0.25, -0.2) is 4.68 Å². The molecule has 1 heterocycles. The van der Waals surface area contributed by atoms with Crippen LogP contribution < -0.4 is 16.0 Å². The molecular formula is C14H15N4O4S-. The molecule has 0 bridgehead atoms. The summed E-state index contributed by atoms with van der Waals surface area (Å²) in [6.07, 6.45) is 2.08. The molecule has 1 aromatic carbocycles. The van der Waals surface area contributed by atoms with Crippen LogP contribution in [0.2, 0.25) is 0 Å². The van der Waals surface area contributed by atoms with Crippen molar-refractivity contribution in [2.75, 3.05) is 12.0 Å². The van der Waals surface area contributed by atoms with Gasteiger partial charge < -0.3 is 15.2 Å². The Bertz CT molecular complexity index is 777. The van der Waals surface area contributed by atoms with E-state index in [1.807, 2.05) is 6.26 Å². The first-order valence-electron chi connectivity index (χ1n) is 6.84. The highest BCUT2D eigenvalue weighted by atomic mass is 32.2. The zero-order valence-corrected chi connectivity index (χ0v) is 13.2. The normalized spacial score (nSPS) is 12.0. The number of carboxylic acid groups (broad SMARTS) is 1. The third-order valence-electron chi connectivity index (χ3n) is 3.15. The summed E-state index contributed by atoms with van der Waals surface area (Å²) in [6.45, 7) is -0.403. The van der Waals surface area contributed by atoms with Crippen LogP contribution in [-0.2, 0) is 16.1 Å². The maximum absolute atomic E-state index is 12.2. The maximum Gasteiger partial charge on any atom is 0.278 e. The molecule has 0 fully saturated rings. The number of aliphatic carboxylic acids is 1. The molecular weight excluding hydrogens is 320 g/mol. The van der Waals surface area contributed by atoms with Crippen molar-refractivity contribution in [1.29, 1.82) is 0 Å². The molecule has 1 atom stereocenters. The van der Waals surface area contributed by atoms with E-state index in [0.29, 0.717) is 16.7 Å². The molecule has 0 radical (unpaired) electrons. The second kappa shape index (κ2) is 7.73. The molecule has 0 saturated heterocycles. The summed E-state index contributed by atoms with van der Waals surface area (Å²) in [5, 5.41) is 21.2. The molecule has 0 unspecified atom stereocenters. The molecule has 23 heavy (non-hydrogen) atoms. The number of hydrogen-bond donors (Lipinski definition) is 1. The molecule has 0 spiro atoms. The molecule has 0 saturated carbocycles. The molecule has 1 amide bonds. The van der Waals surface area contributed by atoms with Crippen LogP contribution in [0.25, 0.3) is 10.9 Å². The van der Waals surface area contributed by atoms with Gasteiger partial charge in [0.05, 0.1) is 17.4 Å². The Kier molecular flexibility index (Phi) is 5.69. The highest BCUT2D eigenvalue weighted by Crippen LogP contribution is 2.03. The molecule has 0 aliphatic rings. The molecule has 2 rings (SSSR count). The third-order valence-corrected chi connectivity index (χ3v) is 3.80. The van der Waals surface area contributed by atoms with Gasteiger partial charge in [-0.15, -0.1) is 5.10 Å². The van der Waals surface area contributed by atoms with E-state index in [9.17, 15) is 19.5 Å². The number of hydrogen-bond acceptors (Lipinski definition) is 7. The van der Waals surface area contributed by atoms with Crippen molar-refractivity contribution in [3.05, 3.63) is 34.6 Å². The topological polar surface area (TPSA) is 117 Å². The van der Waals surface area contributed by atoms with Crippen molar-refractivity contribution in [2.45, 2.75) is 19.0 Å². The lowest BCUT2D eigenvalue weighted by molar-refractivity contribution is -0.308. The van der Waals surface area contributed by atoms with E-state index in [2.05, 4.69) is 15.6 Å². The second-order valence-electron chi connectivity index (χ2n) is 4.79. The minimum atomic E-state index is -1.36. The Hall–Kier alpha value is -2.42. The Morgan fingerprint density at radius 3 is 2.83 bits per heavy atom. The number of nitrogens with one attached hydrogen (secondary N) is 1. The van der Waals surface area contributed by atoms with Crippen LogP contribution in [0, 0.1) is 0 Å². The lowest BCUT2D eigenvalue weighted by Gasteiger charge is -2.19. The van der Waals surface area contributed by atoms with Crippen molar-refractivity contribution < 1.29 is 14.7 Å². The van der Waals surface area contributed by atoms with E-state index in [0.717, 1.165) is 4.68 Å². The predicted octanol–water partition coefficient (Wildman–Crippen LogP) is -1.22. The standard InChI is InChI=1S/C14H16N4O4S/c1-23-7-6-11(14(21)22)15-12(19)8-18-13(20)9-4-2-3-5-10(9)16-17-18/h2-5,11H,6-8H2,1H3,(H,15,19)(H,21,22)/p-1/t11-/m0/s1. The first-order chi connectivity index (χ1) is 11.0. The Morgan fingerprint density at radius 1 is 1.39 bits per heavy atom. The van der Waals surface area contributed by atoms with Gasteiger partial charge in [0, 0.05) is 0 Å². The predicted molar refractivity (Wildman–Crippen MR) is 83.7 cm³/mol. The van der Waals surface area contributed by atoms with E-state index in [1.165, 1.54) is 11.8 Å². The van der Waals surface area contributed by atoms with Crippen molar-refractivity contribution in [2.24, 2.45) is 0 Å². The molecule has 8 nitrogen and oxygen atoms in total. The monoisotopic (exact) mass is 335 g/mol. The van der Waals surface area contributed by atoms with E-state index < -0.39 is 30.0 Å². The first-order valence-corrected chi connectivity index (χ1v) is 8.24. The van der Waals surface area contributed by atoms with E-state index in [4.69, 9.17) is 0 Å². The second-order valence-corrected chi connectivity index (χ2v) is 5.78. The summed E-state index contributed by atoms with van der Waals surface area (Å²) in [7, 11) is 0. The molecule has 0 aliphatic heterocycles. The van der Waals surface area contributed by atoms with Gasteiger partial charge >= 0.3 is 0 Å². The van der Waals surface area contributed by atoms with Gasteiger partial charge in [-0.3, -0.25) is 9.59 Å². The molecule has 1 aromatic heterocycles. The number of benzene rings is 1. The van der Waals surface area contributed by atoms with Gasteiger partial charge in [0.2, 0.25) is 5.91 Å². The average molecular weight is 335 g/mol. The van der Waals surface area contributed by atoms with Gasteiger partial charge in [0.15, 0.2) is 0 Å². The summed E-state index contributed by atoms with van der Waals surface area (Å²) in [5.74, 6) is -1.43. The quantitative estimate of drug-likeness (QED) is 0.674. The minimum absolute atomic E-state index is 0.244. The van der Waals surface area contributed by atoms with Crippen LogP contribution in [0.1, 0.15) is 6.42 Å². The fourth-order valence-electron chi connectivity index (χ4n) is 1.99. The zero-order chi connectivity index (χ0) is 16.8. The van der Waals surface area contributed by atoms with Crippen molar-refractivity contribution in [3.8, 4) is 0 Å². The number of carboxylic acids is 1. The fourth-order valence-corrected chi connectivity index (χ4v) is 2.46. The van der Waals surface area contributed by atoms with Crippen molar-refractivity contribution in [1.82, 2.24) is 20.3 Å². The third kappa shape index (κ3) is 4.28. The van der Waals surface area contributed by atoms with Gasteiger partial charge in [0.1, 0.15) is 12.1 Å². The van der Waals surface area contributed by atoms with Gasteiger partial charge in [0.25, 0.3) is 5.56 Å². The van der Waals surface area contributed by atoms with E-state index in [1.54, 1.807) is 24.3 Å². The average Bonchev–Trinajstić information content (AvgIpc) is 2.54. The minimum Gasteiger partial charge on any atom is -0.548 e. The van der Waals surface area contributed by atoms with Crippen LogP contribution in [0.15, 0.2) is 29.1 Å². The molecule has 122 valence electrons. The van der Waals surface area contributed by atoms with Crippen LogP contribution in [-0.4, -0.2) is 44.9 Å². The molecule has 2 aromatic rings. The van der Waals surface area contributed by atoms with Gasteiger partial charge in [-0.2, -0.15) is 11.8 Å². The number of rotatable bonds is 7. The summed E-state index contributed by atoms with van der Waals surface area (Å²) in [4.78, 5) is 35.1.